The van der Waals surface area contributed by atoms with E-state index < -0.39 is 5.97 Å². The van der Waals surface area contributed by atoms with E-state index in [0.29, 0.717) is 30.9 Å². The lowest BCUT2D eigenvalue weighted by molar-refractivity contribution is -0.121. The second kappa shape index (κ2) is 5.51. The predicted molar refractivity (Wildman–Crippen MR) is 74.9 cm³/mol. The molecule has 1 fully saturated rings. The molecule has 110 valence electrons. The lowest BCUT2D eigenvalue weighted by atomic mass is 10.2. The summed E-state index contributed by atoms with van der Waals surface area (Å²) < 4.78 is 1.70. The van der Waals surface area contributed by atoms with E-state index >= 15 is 0 Å². The minimum Gasteiger partial charge on any atom is -0.478 e. The number of carbonyl (C=O) groups is 2. The smallest absolute Gasteiger partial charge is 0.335 e. The fraction of sp³-hybridized carbons (Fsp3) is 0.429. The fourth-order valence-electron chi connectivity index (χ4n) is 2.19. The van der Waals surface area contributed by atoms with Crippen LogP contribution in [0.4, 0.5) is 0 Å². The first kappa shape index (κ1) is 13.5. The van der Waals surface area contributed by atoms with Crippen molar-refractivity contribution in [3.8, 4) is 0 Å². The minimum atomic E-state index is -0.983. The topological polar surface area (TPSA) is 97.1 Å². The average molecular weight is 288 g/mol. The van der Waals surface area contributed by atoms with E-state index in [2.05, 4.69) is 15.6 Å². The standard InChI is InChI=1S/C14H16N4O3/c19-13(15-10-4-5-10)2-1-7-18-12-6-3-9(14(20)21)8-11(12)16-17-18/h3,6,8,10H,1-2,4-5,7H2,(H,15,19)(H,20,21). The first-order valence-corrected chi connectivity index (χ1v) is 6.99. The molecule has 3 rings (SSSR count). The molecule has 0 saturated heterocycles. The van der Waals surface area contributed by atoms with Crippen LogP contribution in [0.2, 0.25) is 0 Å². The average Bonchev–Trinajstić information content (AvgIpc) is 3.17. The normalized spacial score (nSPS) is 14.3. The summed E-state index contributed by atoms with van der Waals surface area (Å²) in [5.41, 5.74) is 1.53. The molecule has 1 aromatic carbocycles. The van der Waals surface area contributed by atoms with Gasteiger partial charge in [-0.15, -0.1) is 5.10 Å². The third kappa shape index (κ3) is 3.18. The van der Waals surface area contributed by atoms with Crippen LogP contribution >= 0.6 is 0 Å². The highest BCUT2D eigenvalue weighted by Crippen LogP contribution is 2.19. The molecule has 0 bridgehead atoms. The van der Waals surface area contributed by atoms with Gasteiger partial charge < -0.3 is 10.4 Å². The van der Waals surface area contributed by atoms with Gasteiger partial charge >= 0.3 is 5.97 Å². The van der Waals surface area contributed by atoms with Crippen molar-refractivity contribution < 1.29 is 14.7 Å². The van der Waals surface area contributed by atoms with Gasteiger partial charge in [0.05, 0.1) is 11.1 Å². The molecule has 7 heteroatoms. The summed E-state index contributed by atoms with van der Waals surface area (Å²) in [6, 6.07) is 5.12. The van der Waals surface area contributed by atoms with Crippen LogP contribution in [-0.4, -0.2) is 38.0 Å². The SMILES string of the molecule is O=C(CCCn1nnc2cc(C(=O)O)ccc21)NC1CC1. The van der Waals surface area contributed by atoms with Gasteiger partial charge in [0.1, 0.15) is 5.52 Å². The number of nitrogens with one attached hydrogen (secondary N) is 1. The fourth-order valence-corrected chi connectivity index (χ4v) is 2.19. The molecule has 1 aliphatic rings. The number of rotatable bonds is 6. The van der Waals surface area contributed by atoms with Crippen LogP contribution in [0.5, 0.6) is 0 Å². The number of aryl methyl sites for hydroxylation is 1. The Morgan fingerprint density at radius 3 is 2.90 bits per heavy atom. The highest BCUT2D eigenvalue weighted by Gasteiger charge is 2.22. The van der Waals surface area contributed by atoms with Gasteiger partial charge in [0.25, 0.3) is 0 Å². The summed E-state index contributed by atoms with van der Waals surface area (Å²) >= 11 is 0. The highest BCUT2D eigenvalue weighted by molar-refractivity contribution is 5.92. The van der Waals surface area contributed by atoms with Crippen molar-refractivity contribution in [2.24, 2.45) is 0 Å². The molecule has 1 heterocycles. The zero-order valence-corrected chi connectivity index (χ0v) is 11.5. The molecule has 2 N–H and O–H groups in total. The van der Waals surface area contributed by atoms with Gasteiger partial charge in [-0.25, -0.2) is 9.48 Å². The summed E-state index contributed by atoms with van der Waals surface area (Å²) in [5, 5.41) is 19.8. The number of fused-ring (bicyclic) bond motifs is 1. The van der Waals surface area contributed by atoms with E-state index in [4.69, 9.17) is 5.11 Å². The number of carboxylic acid groups (broad SMARTS) is 1. The van der Waals surface area contributed by atoms with Crippen LogP contribution in [-0.2, 0) is 11.3 Å². The molecule has 0 aliphatic heterocycles. The summed E-state index contributed by atoms with van der Waals surface area (Å²) in [4.78, 5) is 22.5. The van der Waals surface area contributed by atoms with E-state index in [9.17, 15) is 9.59 Å². The van der Waals surface area contributed by atoms with Crippen molar-refractivity contribution in [2.75, 3.05) is 0 Å². The van der Waals surface area contributed by atoms with Crippen molar-refractivity contribution in [1.29, 1.82) is 0 Å². The minimum absolute atomic E-state index is 0.0788. The van der Waals surface area contributed by atoms with Crippen molar-refractivity contribution >= 4 is 22.9 Å². The molecule has 1 saturated carbocycles. The summed E-state index contributed by atoms with van der Waals surface area (Å²) in [6.45, 7) is 0.584. The predicted octanol–water partition coefficient (Wildman–Crippen LogP) is 1.19. The van der Waals surface area contributed by atoms with Gasteiger partial charge in [-0.1, -0.05) is 5.21 Å². The third-order valence-electron chi connectivity index (χ3n) is 3.48. The van der Waals surface area contributed by atoms with Crippen molar-refractivity contribution in [1.82, 2.24) is 20.3 Å². The Morgan fingerprint density at radius 2 is 2.19 bits per heavy atom. The Labute approximate surface area is 120 Å². The Morgan fingerprint density at radius 1 is 1.38 bits per heavy atom. The van der Waals surface area contributed by atoms with Crippen molar-refractivity contribution in [3.63, 3.8) is 0 Å². The highest BCUT2D eigenvalue weighted by atomic mass is 16.4. The Kier molecular flexibility index (Phi) is 3.55. The lowest BCUT2D eigenvalue weighted by Gasteiger charge is -2.04. The second-order valence-electron chi connectivity index (χ2n) is 5.27. The molecule has 2 aromatic rings. The second-order valence-corrected chi connectivity index (χ2v) is 5.27. The van der Waals surface area contributed by atoms with Crippen molar-refractivity contribution in [3.05, 3.63) is 23.8 Å². The van der Waals surface area contributed by atoms with Crippen LogP contribution in [0.25, 0.3) is 11.0 Å². The molecule has 0 unspecified atom stereocenters. The van der Waals surface area contributed by atoms with Crippen LogP contribution < -0.4 is 5.32 Å². The summed E-state index contributed by atoms with van der Waals surface area (Å²) in [5.74, 6) is -0.904. The largest absolute Gasteiger partial charge is 0.478 e. The summed E-state index contributed by atoms with van der Waals surface area (Å²) in [7, 11) is 0. The maximum Gasteiger partial charge on any atom is 0.335 e. The maximum atomic E-state index is 11.6. The Hall–Kier alpha value is -2.44. The molecule has 0 radical (unpaired) electrons. The van der Waals surface area contributed by atoms with Gasteiger partial charge in [-0.2, -0.15) is 0 Å². The first-order valence-electron chi connectivity index (χ1n) is 6.99. The number of carboxylic acids is 1. The number of hydrogen-bond donors (Lipinski definition) is 2. The molecule has 21 heavy (non-hydrogen) atoms. The number of benzene rings is 1. The van der Waals surface area contributed by atoms with E-state index in [1.165, 1.54) is 12.1 Å². The number of amides is 1. The van der Waals surface area contributed by atoms with Gasteiger partial charge in [0.15, 0.2) is 0 Å². The molecule has 1 aromatic heterocycles. The lowest BCUT2D eigenvalue weighted by Crippen LogP contribution is -2.25. The molecule has 1 amide bonds. The van der Waals surface area contributed by atoms with Gasteiger partial charge in [0, 0.05) is 19.0 Å². The zero-order valence-electron chi connectivity index (χ0n) is 11.5. The third-order valence-corrected chi connectivity index (χ3v) is 3.48. The van der Waals surface area contributed by atoms with E-state index in [-0.39, 0.29) is 11.5 Å². The zero-order chi connectivity index (χ0) is 14.8. The monoisotopic (exact) mass is 288 g/mol. The van der Waals surface area contributed by atoms with Gasteiger partial charge in [-0.05, 0) is 37.5 Å². The Balaban J connectivity index is 1.61. The summed E-state index contributed by atoms with van der Waals surface area (Å²) in [6.07, 6.45) is 3.32. The van der Waals surface area contributed by atoms with E-state index in [1.54, 1.807) is 10.7 Å². The number of carbonyl (C=O) groups excluding carboxylic acids is 1. The van der Waals surface area contributed by atoms with E-state index in [0.717, 1.165) is 18.4 Å². The first-order chi connectivity index (χ1) is 10.1. The molecule has 1 aliphatic carbocycles. The number of aromatic nitrogens is 3. The Bertz CT molecular complexity index is 691. The number of hydrogen-bond acceptors (Lipinski definition) is 4. The van der Waals surface area contributed by atoms with Gasteiger partial charge in [-0.3, -0.25) is 4.79 Å². The molecule has 0 spiro atoms. The number of nitrogens with zero attached hydrogens (tertiary/aromatic N) is 3. The van der Waals surface area contributed by atoms with E-state index in [1.807, 2.05) is 0 Å². The quantitative estimate of drug-likeness (QED) is 0.832. The van der Waals surface area contributed by atoms with Crippen molar-refractivity contribution in [2.45, 2.75) is 38.3 Å². The van der Waals surface area contributed by atoms with Crippen LogP contribution in [0.1, 0.15) is 36.0 Å². The number of aromatic carboxylic acids is 1. The molecule has 0 atom stereocenters. The molecular weight excluding hydrogens is 272 g/mol. The van der Waals surface area contributed by atoms with Crippen LogP contribution in [0.3, 0.4) is 0 Å². The van der Waals surface area contributed by atoms with Gasteiger partial charge in [0.2, 0.25) is 5.91 Å². The maximum absolute atomic E-state index is 11.6. The molecular formula is C14H16N4O3. The van der Waals surface area contributed by atoms with Crippen LogP contribution in [0, 0.1) is 0 Å². The van der Waals surface area contributed by atoms with Crippen LogP contribution in [0.15, 0.2) is 18.2 Å². The molecule has 7 nitrogen and oxygen atoms in total.